The van der Waals surface area contributed by atoms with Crippen LogP contribution in [0.1, 0.15) is 30.0 Å². The maximum atomic E-state index is 11.4. The van der Waals surface area contributed by atoms with E-state index in [4.69, 9.17) is 18.9 Å². The number of carboxylic acids is 1. The van der Waals surface area contributed by atoms with Crippen LogP contribution in [-0.4, -0.2) is 39.5 Å². The third-order valence-corrected chi connectivity index (χ3v) is 5.02. The van der Waals surface area contributed by atoms with Crippen LogP contribution in [0.2, 0.25) is 0 Å². The van der Waals surface area contributed by atoms with Crippen molar-refractivity contribution in [2.75, 3.05) is 28.4 Å². The van der Waals surface area contributed by atoms with Gasteiger partial charge in [0.15, 0.2) is 11.5 Å². The number of methoxy groups -OCH3 is 4. The predicted octanol–water partition coefficient (Wildman–Crippen LogP) is 4.52. The van der Waals surface area contributed by atoms with Crippen molar-refractivity contribution in [3.8, 4) is 23.0 Å². The third-order valence-electron chi connectivity index (χ3n) is 5.02. The van der Waals surface area contributed by atoms with Gasteiger partial charge in [0, 0.05) is 0 Å². The molecule has 0 fully saturated rings. The molecule has 1 N–H and O–H groups in total. The summed E-state index contributed by atoms with van der Waals surface area (Å²) in [5.74, 6) is 1.45. The summed E-state index contributed by atoms with van der Waals surface area (Å²) in [7, 11) is 6.30. The minimum atomic E-state index is -0.873. The third kappa shape index (κ3) is 3.78. The van der Waals surface area contributed by atoms with Crippen molar-refractivity contribution in [3.05, 3.63) is 52.6 Å². The Bertz CT molecular complexity index is 991. The molecule has 6 nitrogen and oxygen atoms in total. The van der Waals surface area contributed by atoms with Crippen LogP contribution >= 0.6 is 0 Å². The van der Waals surface area contributed by atoms with E-state index in [9.17, 15) is 9.90 Å². The molecule has 0 unspecified atom stereocenters. The van der Waals surface area contributed by atoms with E-state index in [1.165, 1.54) is 0 Å². The second kappa shape index (κ2) is 8.31. The maximum Gasteiger partial charge on any atom is 0.307 e. The zero-order valence-electron chi connectivity index (χ0n) is 17.2. The first kappa shape index (κ1) is 20.3. The number of ether oxygens (including phenoxy) is 4. The van der Waals surface area contributed by atoms with Gasteiger partial charge in [-0.05, 0) is 70.7 Å². The second-order valence-electron chi connectivity index (χ2n) is 6.60. The van der Waals surface area contributed by atoms with E-state index in [2.05, 4.69) is 0 Å². The van der Waals surface area contributed by atoms with Gasteiger partial charge in [-0.1, -0.05) is 6.07 Å². The SMILES string of the molecule is COc1ccc2c(c1)C(CC(=O)O)=C(C)/C2=C\c1cc(OC)c(OC)c(OC)c1. The Labute approximate surface area is 170 Å². The minimum Gasteiger partial charge on any atom is -0.497 e. The Morgan fingerprint density at radius 3 is 2.10 bits per heavy atom. The highest BCUT2D eigenvalue weighted by atomic mass is 16.5. The van der Waals surface area contributed by atoms with Crippen LogP contribution in [0.3, 0.4) is 0 Å². The molecular formula is C23H24O6. The average molecular weight is 396 g/mol. The maximum absolute atomic E-state index is 11.4. The lowest BCUT2D eigenvalue weighted by molar-refractivity contribution is -0.135. The standard InChI is InChI=1S/C23H24O6/c1-13-17(8-14-9-20(27-3)23(29-5)21(10-14)28-4)16-7-6-15(26-2)11-19(16)18(13)12-22(24)25/h6-11H,12H2,1-5H3,(H,24,25)/b17-8+. The zero-order valence-corrected chi connectivity index (χ0v) is 17.2. The molecule has 0 radical (unpaired) electrons. The van der Waals surface area contributed by atoms with Gasteiger partial charge < -0.3 is 24.1 Å². The van der Waals surface area contributed by atoms with E-state index in [-0.39, 0.29) is 6.42 Å². The quantitative estimate of drug-likeness (QED) is 0.742. The Kier molecular flexibility index (Phi) is 5.82. The number of rotatable bonds is 7. The molecule has 0 bridgehead atoms. The van der Waals surface area contributed by atoms with E-state index in [0.29, 0.717) is 23.0 Å². The first-order valence-corrected chi connectivity index (χ1v) is 9.05. The molecule has 0 spiro atoms. The minimum absolute atomic E-state index is 0.0569. The summed E-state index contributed by atoms with van der Waals surface area (Å²) in [5, 5.41) is 9.38. The summed E-state index contributed by atoms with van der Waals surface area (Å²) >= 11 is 0. The molecule has 2 aromatic carbocycles. The van der Waals surface area contributed by atoms with Crippen LogP contribution in [0, 0.1) is 0 Å². The van der Waals surface area contributed by atoms with Crippen LogP contribution in [0.4, 0.5) is 0 Å². The summed E-state index contributed by atoms with van der Waals surface area (Å²) in [5.41, 5.74) is 5.35. The van der Waals surface area contributed by atoms with Gasteiger partial charge in [-0.15, -0.1) is 0 Å². The fourth-order valence-electron chi connectivity index (χ4n) is 3.62. The van der Waals surface area contributed by atoms with Crippen molar-refractivity contribution >= 4 is 23.2 Å². The van der Waals surface area contributed by atoms with Gasteiger partial charge in [0.1, 0.15) is 5.75 Å². The summed E-state index contributed by atoms with van der Waals surface area (Å²) in [6.45, 7) is 1.94. The number of allylic oxidation sites excluding steroid dienone is 2. The van der Waals surface area contributed by atoms with E-state index in [1.807, 2.05) is 43.3 Å². The van der Waals surface area contributed by atoms with Crippen molar-refractivity contribution in [3.63, 3.8) is 0 Å². The average Bonchev–Trinajstić information content (AvgIpc) is 2.97. The zero-order chi connectivity index (χ0) is 21.1. The molecule has 0 saturated carbocycles. The molecule has 0 aliphatic heterocycles. The molecule has 6 heteroatoms. The van der Waals surface area contributed by atoms with Crippen molar-refractivity contribution in [2.45, 2.75) is 13.3 Å². The molecular weight excluding hydrogens is 372 g/mol. The largest absolute Gasteiger partial charge is 0.497 e. The van der Waals surface area contributed by atoms with E-state index < -0.39 is 5.97 Å². The summed E-state index contributed by atoms with van der Waals surface area (Å²) in [6.07, 6.45) is 1.94. The highest BCUT2D eigenvalue weighted by Gasteiger charge is 2.26. The van der Waals surface area contributed by atoms with Gasteiger partial charge >= 0.3 is 5.97 Å². The predicted molar refractivity (Wildman–Crippen MR) is 112 cm³/mol. The summed E-state index contributed by atoms with van der Waals surface area (Å²) in [4.78, 5) is 11.4. The number of benzene rings is 2. The van der Waals surface area contributed by atoms with Gasteiger partial charge in [-0.25, -0.2) is 0 Å². The number of aliphatic carboxylic acids is 1. The highest BCUT2D eigenvalue weighted by Crippen LogP contribution is 2.46. The summed E-state index contributed by atoms with van der Waals surface area (Å²) < 4.78 is 21.6. The van der Waals surface area contributed by atoms with Crippen molar-refractivity contribution in [2.24, 2.45) is 0 Å². The molecule has 152 valence electrons. The molecule has 0 heterocycles. The van der Waals surface area contributed by atoms with Crippen molar-refractivity contribution in [1.82, 2.24) is 0 Å². The van der Waals surface area contributed by atoms with Gasteiger partial charge in [-0.3, -0.25) is 4.79 Å². The number of fused-ring (bicyclic) bond motifs is 1. The molecule has 0 atom stereocenters. The van der Waals surface area contributed by atoms with Gasteiger partial charge in [0.05, 0.1) is 34.9 Å². The second-order valence-corrected chi connectivity index (χ2v) is 6.60. The van der Waals surface area contributed by atoms with Crippen LogP contribution in [0.15, 0.2) is 35.9 Å². The summed E-state index contributed by atoms with van der Waals surface area (Å²) in [6, 6.07) is 9.43. The lowest BCUT2D eigenvalue weighted by Gasteiger charge is -2.13. The molecule has 0 aromatic heterocycles. The lowest BCUT2D eigenvalue weighted by Crippen LogP contribution is -1.97. The van der Waals surface area contributed by atoms with Gasteiger partial charge in [0.25, 0.3) is 0 Å². The first-order valence-electron chi connectivity index (χ1n) is 9.05. The molecule has 29 heavy (non-hydrogen) atoms. The van der Waals surface area contributed by atoms with Crippen LogP contribution in [0.5, 0.6) is 23.0 Å². The Hall–Kier alpha value is -3.41. The lowest BCUT2D eigenvalue weighted by atomic mass is 10.00. The molecule has 1 aliphatic carbocycles. The fourth-order valence-corrected chi connectivity index (χ4v) is 3.62. The van der Waals surface area contributed by atoms with Crippen LogP contribution in [0.25, 0.3) is 17.2 Å². The van der Waals surface area contributed by atoms with Gasteiger partial charge in [0.2, 0.25) is 5.75 Å². The van der Waals surface area contributed by atoms with E-state index in [1.54, 1.807) is 28.4 Å². The topological polar surface area (TPSA) is 74.2 Å². The molecule has 3 rings (SSSR count). The fraction of sp³-hybridized carbons (Fsp3) is 0.261. The molecule has 1 aliphatic rings. The smallest absolute Gasteiger partial charge is 0.307 e. The van der Waals surface area contributed by atoms with E-state index in [0.717, 1.165) is 33.4 Å². The van der Waals surface area contributed by atoms with Crippen LogP contribution < -0.4 is 18.9 Å². The van der Waals surface area contributed by atoms with Crippen LogP contribution in [-0.2, 0) is 4.79 Å². The first-order chi connectivity index (χ1) is 13.9. The number of carboxylic acid groups (broad SMARTS) is 1. The monoisotopic (exact) mass is 396 g/mol. The molecule has 0 saturated heterocycles. The Morgan fingerprint density at radius 1 is 0.931 bits per heavy atom. The van der Waals surface area contributed by atoms with E-state index >= 15 is 0 Å². The molecule has 0 amide bonds. The van der Waals surface area contributed by atoms with Crippen molar-refractivity contribution in [1.29, 1.82) is 0 Å². The molecule has 2 aromatic rings. The Balaban J connectivity index is 2.19. The number of hydrogen-bond acceptors (Lipinski definition) is 5. The Morgan fingerprint density at radius 2 is 1.59 bits per heavy atom. The van der Waals surface area contributed by atoms with Crippen molar-refractivity contribution < 1.29 is 28.8 Å². The highest BCUT2D eigenvalue weighted by molar-refractivity contribution is 6.07. The number of carbonyl (C=O) groups is 1. The normalized spacial score (nSPS) is 14.0. The number of hydrogen-bond donors (Lipinski definition) is 1. The van der Waals surface area contributed by atoms with Gasteiger partial charge in [-0.2, -0.15) is 0 Å².